The van der Waals surface area contributed by atoms with Gasteiger partial charge in [-0.05, 0) is 25.1 Å². The summed E-state index contributed by atoms with van der Waals surface area (Å²) in [4.78, 5) is 33.0. The summed E-state index contributed by atoms with van der Waals surface area (Å²) in [6, 6.07) is 6.10. The van der Waals surface area contributed by atoms with Crippen LogP contribution in [0.15, 0.2) is 24.3 Å². The molecule has 0 fully saturated rings. The molecule has 0 aliphatic rings. The zero-order valence-electron chi connectivity index (χ0n) is 9.80. The van der Waals surface area contributed by atoms with E-state index in [1.165, 1.54) is 6.07 Å². The Bertz CT molecular complexity index is 469. The van der Waals surface area contributed by atoms with E-state index in [-0.39, 0.29) is 6.61 Å². The minimum atomic E-state index is -1.21. The fourth-order valence-electron chi connectivity index (χ4n) is 1.28. The van der Waals surface area contributed by atoms with E-state index < -0.39 is 24.3 Å². The number of esters is 1. The van der Waals surface area contributed by atoms with Crippen LogP contribution >= 0.6 is 0 Å². The number of carbonyl (C=O) groups is 3. The first-order valence-corrected chi connectivity index (χ1v) is 5.31. The Labute approximate surface area is 104 Å². The molecule has 18 heavy (non-hydrogen) atoms. The maximum atomic E-state index is 11.4. The molecule has 1 rings (SSSR count). The molecule has 1 amide bonds. The molecule has 0 saturated carbocycles. The maximum absolute atomic E-state index is 11.4. The summed E-state index contributed by atoms with van der Waals surface area (Å²) in [5.74, 6) is -2.36. The fourth-order valence-corrected chi connectivity index (χ4v) is 1.28. The Morgan fingerprint density at radius 2 is 2.06 bits per heavy atom. The number of amides is 1. The molecule has 6 heteroatoms. The molecule has 0 radical (unpaired) electrons. The third kappa shape index (κ3) is 4.25. The van der Waals surface area contributed by atoms with E-state index >= 15 is 0 Å². The van der Waals surface area contributed by atoms with E-state index in [0.717, 1.165) is 0 Å². The predicted octanol–water partition coefficient (Wildman–Crippen LogP) is 1.28. The number of aliphatic carboxylic acids is 1. The van der Waals surface area contributed by atoms with E-state index in [1.54, 1.807) is 25.1 Å². The molecule has 1 aromatic rings. The largest absolute Gasteiger partial charge is 0.481 e. The van der Waals surface area contributed by atoms with E-state index in [9.17, 15) is 14.4 Å². The van der Waals surface area contributed by atoms with Crippen molar-refractivity contribution in [2.24, 2.45) is 0 Å². The highest BCUT2D eigenvalue weighted by Crippen LogP contribution is 2.12. The fraction of sp³-hybridized carbons (Fsp3) is 0.250. The van der Waals surface area contributed by atoms with Crippen LogP contribution in [0, 0.1) is 0 Å². The van der Waals surface area contributed by atoms with Gasteiger partial charge in [0.2, 0.25) is 5.91 Å². The predicted molar refractivity (Wildman–Crippen MR) is 63.3 cm³/mol. The molecule has 96 valence electrons. The second kappa shape index (κ2) is 6.39. The van der Waals surface area contributed by atoms with Gasteiger partial charge in [0.25, 0.3) is 0 Å². The van der Waals surface area contributed by atoms with Gasteiger partial charge < -0.3 is 15.2 Å². The first-order valence-electron chi connectivity index (χ1n) is 5.31. The second-order valence-electron chi connectivity index (χ2n) is 3.42. The van der Waals surface area contributed by atoms with Crippen LogP contribution in [0.3, 0.4) is 0 Å². The van der Waals surface area contributed by atoms with Gasteiger partial charge in [0, 0.05) is 5.69 Å². The monoisotopic (exact) mass is 251 g/mol. The molecule has 0 aliphatic carbocycles. The van der Waals surface area contributed by atoms with Crippen LogP contribution in [0.4, 0.5) is 5.69 Å². The molecule has 0 bridgehead atoms. The SMILES string of the molecule is CCOC(=O)c1cccc(NC(=O)CC(=O)O)c1. The van der Waals surface area contributed by atoms with Gasteiger partial charge >= 0.3 is 11.9 Å². The van der Waals surface area contributed by atoms with Gasteiger partial charge in [-0.25, -0.2) is 4.79 Å². The summed E-state index contributed by atoms with van der Waals surface area (Å²) >= 11 is 0. The van der Waals surface area contributed by atoms with Crippen molar-refractivity contribution < 1.29 is 24.2 Å². The summed E-state index contributed by atoms with van der Waals surface area (Å²) in [5, 5.41) is 10.8. The first-order chi connectivity index (χ1) is 8.52. The molecule has 0 aromatic heterocycles. The molecule has 6 nitrogen and oxygen atoms in total. The lowest BCUT2D eigenvalue weighted by atomic mass is 10.2. The standard InChI is InChI=1S/C12H13NO5/c1-2-18-12(17)8-4-3-5-9(6-8)13-10(14)7-11(15)16/h3-6H,2,7H2,1H3,(H,13,14)(H,15,16). The number of hydrogen-bond acceptors (Lipinski definition) is 4. The molecule has 0 unspecified atom stereocenters. The topological polar surface area (TPSA) is 92.7 Å². The Hall–Kier alpha value is -2.37. The number of rotatable bonds is 5. The Morgan fingerprint density at radius 1 is 1.33 bits per heavy atom. The Kier molecular flexibility index (Phi) is 4.86. The van der Waals surface area contributed by atoms with Crippen molar-refractivity contribution in [3.63, 3.8) is 0 Å². The van der Waals surface area contributed by atoms with Gasteiger partial charge in [-0.2, -0.15) is 0 Å². The lowest BCUT2D eigenvalue weighted by Gasteiger charge is -2.06. The maximum Gasteiger partial charge on any atom is 0.338 e. The Morgan fingerprint density at radius 3 is 2.67 bits per heavy atom. The van der Waals surface area contributed by atoms with Crippen LogP contribution in [0.5, 0.6) is 0 Å². The van der Waals surface area contributed by atoms with Crippen molar-refractivity contribution in [3.05, 3.63) is 29.8 Å². The molecule has 0 aliphatic heterocycles. The van der Waals surface area contributed by atoms with Crippen LogP contribution in [0.25, 0.3) is 0 Å². The molecule has 0 heterocycles. The molecular weight excluding hydrogens is 238 g/mol. The summed E-state index contributed by atoms with van der Waals surface area (Å²) in [6.45, 7) is 1.95. The van der Waals surface area contributed by atoms with Gasteiger partial charge in [-0.1, -0.05) is 6.07 Å². The minimum absolute atomic E-state index is 0.258. The Balaban J connectivity index is 2.73. The summed E-state index contributed by atoms with van der Waals surface area (Å²) in [7, 11) is 0. The number of carboxylic acid groups (broad SMARTS) is 1. The van der Waals surface area contributed by atoms with Crippen molar-refractivity contribution in [1.82, 2.24) is 0 Å². The van der Waals surface area contributed by atoms with Gasteiger partial charge in [-0.15, -0.1) is 0 Å². The summed E-state index contributed by atoms with van der Waals surface area (Å²) in [6.07, 6.45) is -0.621. The quantitative estimate of drug-likeness (QED) is 0.607. The highest BCUT2D eigenvalue weighted by atomic mass is 16.5. The number of hydrogen-bond donors (Lipinski definition) is 2. The van der Waals surface area contributed by atoms with Crippen molar-refractivity contribution in [2.45, 2.75) is 13.3 Å². The van der Waals surface area contributed by atoms with E-state index in [0.29, 0.717) is 11.3 Å². The normalized spacial score (nSPS) is 9.61. The van der Waals surface area contributed by atoms with Gasteiger partial charge in [-0.3, -0.25) is 9.59 Å². The molecule has 0 spiro atoms. The number of nitrogens with one attached hydrogen (secondary N) is 1. The third-order valence-corrected chi connectivity index (χ3v) is 1.97. The number of benzene rings is 1. The van der Waals surface area contributed by atoms with E-state index in [4.69, 9.17) is 9.84 Å². The number of anilines is 1. The van der Waals surface area contributed by atoms with Crippen molar-refractivity contribution >= 4 is 23.5 Å². The second-order valence-corrected chi connectivity index (χ2v) is 3.42. The van der Waals surface area contributed by atoms with Gasteiger partial charge in [0.15, 0.2) is 0 Å². The van der Waals surface area contributed by atoms with Gasteiger partial charge in [0.05, 0.1) is 12.2 Å². The number of carbonyl (C=O) groups excluding carboxylic acids is 2. The van der Waals surface area contributed by atoms with Crippen molar-refractivity contribution in [1.29, 1.82) is 0 Å². The molecule has 0 saturated heterocycles. The lowest BCUT2D eigenvalue weighted by molar-refractivity contribution is -0.139. The van der Waals surface area contributed by atoms with E-state index in [2.05, 4.69) is 5.32 Å². The van der Waals surface area contributed by atoms with Crippen LogP contribution in [-0.4, -0.2) is 29.6 Å². The smallest absolute Gasteiger partial charge is 0.338 e. The highest BCUT2D eigenvalue weighted by Gasteiger charge is 2.10. The van der Waals surface area contributed by atoms with Crippen LogP contribution in [0.2, 0.25) is 0 Å². The van der Waals surface area contributed by atoms with Crippen LogP contribution in [0.1, 0.15) is 23.7 Å². The lowest BCUT2D eigenvalue weighted by Crippen LogP contribution is -2.16. The molecule has 1 aromatic carbocycles. The summed E-state index contributed by atoms with van der Waals surface area (Å²) in [5.41, 5.74) is 0.650. The van der Waals surface area contributed by atoms with Crippen molar-refractivity contribution in [2.75, 3.05) is 11.9 Å². The summed E-state index contributed by atoms with van der Waals surface area (Å²) < 4.78 is 4.81. The zero-order valence-corrected chi connectivity index (χ0v) is 9.80. The first kappa shape index (κ1) is 13.7. The molecule has 2 N–H and O–H groups in total. The zero-order chi connectivity index (χ0) is 13.5. The number of ether oxygens (including phenoxy) is 1. The van der Waals surface area contributed by atoms with Gasteiger partial charge in [0.1, 0.15) is 6.42 Å². The number of carboxylic acids is 1. The highest BCUT2D eigenvalue weighted by molar-refractivity contribution is 6.02. The molecule has 0 atom stereocenters. The van der Waals surface area contributed by atoms with Crippen LogP contribution < -0.4 is 5.32 Å². The third-order valence-electron chi connectivity index (χ3n) is 1.97. The van der Waals surface area contributed by atoms with Crippen LogP contribution in [-0.2, 0) is 14.3 Å². The average molecular weight is 251 g/mol. The van der Waals surface area contributed by atoms with Crippen molar-refractivity contribution in [3.8, 4) is 0 Å². The average Bonchev–Trinajstić information content (AvgIpc) is 2.28. The minimum Gasteiger partial charge on any atom is -0.481 e. The van der Waals surface area contributed by atoms with E-state index in [1.807, 2.05) is 0 Å². The molecular formula is C12H13NO5.